The molecule has 2 aromatic carbocycles. The van der Waals surface area contributed by atoms with Crippen LogP contribution in [0.25, 0.3) is 22.5 Å². The van der Waals surface area contributed by atoms with Crippen molar-refractivity contribution in [2.75, 3.05) is 18.0 Å². The quantitative estimate of drug-likeness (QED) is 0.270. The van der Waals surface area contributed by atoms with Crippen LogP contribution < -0.4 is 4.90 Å². The molecular weight excluding hydrogens is 505 g/mol. The first-order chi connectivity index (χ1) is 18.5. The smallest absolute Gasteiger partial charge is 0.335 e. The van der Waals surface area contributed by atoms with Crippen LogP contribution in [0.4, 0.5) is 9.52 Å². The predicted molar refractivity (Wildman–Crippen MR) is 143 cm³/mol. The summed E-state index contributed by atoms with van der Waals surface area (Å²) in [6.07, 6.45) is 3.94. The maximum absolute atomic E-state index is 14.7. The van der Waals surface area contributed by atoms with Gasteiger partial charge in [0.05, 0.1) is 24.0 Å². The molecule has 2 aromatic heterocycles. The van der Waals surface area contributed by atoms with Crippen LogP contribution >= 0.6 is 11.3 Å². The Morgan fingerprint density at radius 1 is 1.16 bits per heavy atom. The molecule has 7 nitrogen and oxygen atoms in total. The molecule has 4 aromatic rings. The van der Waals surface area contributed by atoms with Crippen LogP contribution in [0.3, 0.4) is 0 Å². The second kappa shape index (κ2) is 10.3. The van der Waals surface area contributed by atoms with Gasteiger partial charge in [0.1, 0.15) is 17.3 Å². The number of hydrogen-bond acceptors (Lipinski definition) is 7. The van der Waals surface area contributed by atoms with Gasteiger partial charge in [0, 0.05) is 41.1 Å². The van der Waals surface area contributed by atoms with E-state index in [-0.39, 0.29) is 17.5 Å². The maximum Gasteiger partial charge on any atom is 0.335 e. The van der Waals surface area contributed by atoms with E-state index in [1.54, 1.807) is 41.7 Å². The molecule has 9 heteroatoms. The highest BCUT2D eigenvalue weighted by Gasteiger charge is 2.34. The topological polar surface area (TPSA) is 88.7 Å². The molecule has 0 atom stereocenters. The van der Waals surface area contributed by atoms with Crippen molar-refractivity contribution >= 4 is 22.4 Å². The fourth-order valence-electron chi connectivity index (χ4n) is 5.00. The fourth-order valence-corrected chi connectivity index (χ4v) is 5.89. The van der Waals surface area contributed by atoms with Crippen molar-refractivity contribution in [3.8, 4) is 22.5 Å². The Morgan fingerprint density at radius 3 is 2.61 bits per heavy atom. The van der Waals surface area contributed by atoms with Gasteiger partial charge in [-0.1, -0.05) is 29.4 Å². The average molecular weight is 534 g/mol. The Balaban J connectivity index is 1.10. The lowest BCUT2D eigenvalue weighted by atomic mass is 10.00. The van der Waals surface area contributed by atoms with Crippen molar-refractivity contribution in [1.82, 2.24) is 10.1 Å². The molecule has 0 spiro atoms. The number of anilines is 1. The Morgan fingerprint density at radius 2 is 1.92 bits per heavy atom. The molecule has 1 N–H and O–H groups in total. The number of aromatic nitrogens is 2. The summed E-state index contributed by atoms with van der Waals surface area (Å²) in [7, 11) is 0. The van der Waals surface area contributed by atoms with E-state index < -0.39 is 5.97 Å². The molecule has 2 fully saturated rings. The minimum absolute atomic E-state index is 0.0887. The Kier molecular flexibility index (Phi) is 6.71. The third-order valence-electron chi connectivity index (χ3n) is 7.32. The summed E-state index contributed by atoms with van der Waals surface area (Å²) in [5.74, 6) is -0.0437. The Labute approximate surface area is 223 Å². The summed E-state index contributed by atoms with van der Waals surface area (Å²) in [4.78, 5) is 18.2. The zero-order valence-corrected chi connectivity index (χ0v) is 21.8. The molecule has 0 bridgehead atoms. The van der Waals surface area contributed by atoms with Gasteiger partial charge in [-0.25, -0.2) is 14.2 Å². The van der Waals surface area contributed by atoms with Crippen molar-refractivity contribution in [3.05, 3.63) is 76.1 Å². The summed E-state index contributed by atoms with van der Waals surface area (Å²) in [6.45, 7) is 3.90. The Hall–Kier alpha value is -3.56. The summed E-state index contributed by atoms with van der Waals surface area (Å²) < 4.78 is 26.8. The van der Waals surface area contributed by atoms with E-state index in [0.717, 1.165) is 72.0 Å². The summed E-state index contributed by atoms with van der Waals surface area (Å²) in [5.41, 5.74) is 4.77. The third kappa shape index (κ3) is 4.96. The van der Waals surface area contributed by atoms with E-state index in [2.05, 4.69) is 10.1 Å². The SMILES string of the molecule is Cc1cccc(F)c1-c1noc(C2CC2)c1COC1CCN(c2nc(-c3ccc(C(=O)O)cc3)cs2)CC1. The first kappa shape index (κ1) is 24.8. The first-order valence-corrected chi connectivity index (χ1v) is 13.8. The zero-order chi connectivity index (χ0) is 26.2. The van der Waals surface area contributed by atoms with Gasteiger partial charge in [0.2, 0.25) is 0 Å². The van der Waals surface area contributed by atoms with Crippen molar-refractivity contribution in [1.29, 1.82) is 0 Å². The van der Waals surface area contributed by atoms with E-state index in [1.165, 1.54) is 6.07 Å². The summed E-state index contributed by atoms with van der Waals surface area (Å²) >= 11 is 1.59. The van der Waals surface area contributed by atoms with Gasteiger partial charge in [0.15, 0.2) is 5.13 Å². The van der Waals surface area contributed by atoms with Crippen LogP contribution in [0.1, 0.15) is 58.8 Å². The van der Waals surface area contributed by atoms with E-state index >= 15 is 0 Å². The highest BCUT2D eigenvalue weighted by atomic mass is 32.1. The van der Waals surface area contributed by atoms with Crippen LogP contribution in [0.2, 0.25) is 0 Å². The zero-order valence-electron chi connectivity index (χ0n) is 21.0. The normalized spacial score (nSPS) is 16.2. The van der Waals surface area contributed by atoms with Crippen molar-refractivity contribution in [3.63, 3.8) is 0 Å². The number of aryl methyl sites for hydroxylation is 1. The number of thiazole rings is 1. The number of nitrogens with zero attached hydrogens (tertiary/aromatic N) is 3. The number of carboxylic acids is 1. The van der Waals surface area contributed by atoms with Crippen LogP contribution in [-0.4, -0.2) is 40.4 Å². The van der Waals surface area contributed by atoms with Gasteiger partial charge in [-0.2, -0.15) is 0 Å². The van der Waals surface area contributed by atoms with Crippen molar-refractivity contribution in [2.45, 2.75) is 51.2 Å². The van der Waals surface area contributed by atoms with E-state index in [1.807, 2.05) is 18.4 Å². The molecule has 0 radical (unpaired) electrons. The number of hydrogen-bond donors (Lipinski definition) is 1. The molecule has 1 saturated carbocycles. The van der Waals surface area contributed by atoms with Crippen LogP contribution in [0.5, 0.6) is 0 Å². The number of rotatable bonds is 8. The number of carbonyl (C=O) groups is 1. The summed E-state index contributed by atoms with van der Waals surface area (Å²) in [6, 6.07) is 11.8. The van der Waals surface area contributed by atoms with Crippen LogP contribution in [0.15, 0.2) is 52.4 Å². The second-order valence-corrected chi connectivity index (χ2v) is 10.8. The molecule has 38 heavy (non-hydrogen) atoms. The minimum atomic E-state index is -0.938. The van der Waals surface area contributed by atoms with Gasteiger partial charge in [0.25, 0.3) is 0 Å². The molecule has 1 aliphatic carbocycles. The largest absolute Gasteiger partial charge is 0.478 e. The van der Waals surface area contributed by atoms with Gasteiger partial charge in [-0.3, -0.25) is 0 Å². The molecule has 0 unspecified atom stereocenters. The number of carboxylic acid groups (broad SMARTS) is 1. The number of piperidine rings is 1. The highest BCUT2D eigenvalue weighted by molar-refractivity contribution is 7.14. The third-order valence-corrected chi connectivity index (χ3v) is 8.22. The second-order valence-electron chi connectivity index (χ2n) is 9.98. The van der Waals surface area contributed by atoms with Gasteiger partial charge < -0.3 is 19.3 Å². The van der Waals surface area contributed by atoms with Gasteiger partial charge in [-0.05, 0) is 56.4 Å². The van der Waals surface area contributed by atoms with E-state index in [4.69, 9.17) is 19.4 Å². The lowest BCUT2D eigenvalue weighted by molar-refractivity contribution is 0.0246. The first-order valence-electron chi connectivity index (χ1n) is 12.9. The van der Waals surface area contributed by atoms with E-state index in [9.17, 15) is 9.18 Å². The molecule has 2 aliphatic rings. The predicted octanol–water partition coefficient (Wildman–Crippen LogP) is 6.67. The number of benzene rings is 2. The van der Waals surface area contributed by atoms with E-state index in [0.29, 0.717) is 23.8 Å². The minimum Gasteiger partial charge on any atom is -0.478 e. The monoisotopic (exact) mass is 533 g/mol. The molecule has 1 saturated heterocycles. The van der Waals surface area contributed by atoms with Crippen LogP contribution in [0, 0.1) is 12.7 Å². The lowest BCUT2D eigenvalue weighted by Gasteiger charge is -2.31. The van der Waals surface area contributed by atoms with Crippen molar-refractivity contribution < 1.29 is 23.6 Å². The number of aromatic carboxylic acids is 1. The van der Waals surface area contributed by atoms with Gasteiger partial charge >= 0.3 is 5.97 Å². The molecule has 1 aliphatic heterocycles. The molecule has 196 valence electrons. The molecule has 6 rings (SSSR count). The number of halogens is 1. The highest BCUT2D eigenvalue weighted by Crippen LogP contribution is 2.45. The average Bonchev–Trinajstić information content (AvgIpc) is 3.49. The van der Waals surface area contributed by atoms with Crippen molar-refractivity contribution in [2.24, 2.45) is 0 Å². The Bertz CT molecular complexity index is 1430. The molecular formula is C29H28FN3O4S. The standard InChI is InChI=1S/C29H28FN3O4S/c1-17-3-2-4-23(30)25(17)26-22(27(37-32-26)19-7-8-19)15-36-21-11-13-33(14-12-21)29-31-24(16-38-29)18-5-9-20(10-6-18)28(34)35/h2-6,9-10,16,19,21H,7-8,11-15H2,1H3,(H,34,35). The van der Waals surface area contributed by atoms with Crippen LogP contribution in [-0.2, 0) is 11.3 Å². The molecule has 3 heterocycles. The lowest BCUT2D eigenvalue weighted by Crippen LogP contribution is -2.37. The molecule has 0 amide bonds. The maximum atomic E-state index is 14.7. The summed E-state index contributed by atoms with van der Waals surface area (Å²) in [5, 5.41) is 16.4. The fraction of sp³-hybridized carbons (Fsp3) is 0.345. The number of ether oxygens (including phenoxy) is 1. The van der Waals surface area contributed by atoms with Gasteiger partial charge in [-0.15, -0.1) is 11.3 Å².